The Labute approximate surface area is 364 Å². The number of likely N-dealkylation sites (tertiary alicyclic amines) is 2. The number of amides is 4. The summed E-state index contributed by atoms with van der Waals surface area (Å²) in [5.41, 5.74) is 7.20. The van der Waals surface area contributed by atoms with Crippen LogP contribution >= 0.6 is 0 Å². The van der Waals surface area contributed by atoms with Crippen molar-refractivity contribution >= 4 is 45.8 Å². The Morgan fingerprint density at radius 2 is 1.48 bits per heavy atom. The maximum absolute atomic E-state index is 14.3. The third kappa shape index (κ3) is 7.59. The van der Waals surface area contributed by atoms with Crippen LogP contribution in [0.4, 0.5) is 9.59 Å². The van der Waals surface area contributed by atoms with Gasteiger partial charge >= 0.3 is 12.2 Å². The SMILES string of the molecule is COC(=O)N[C@H](C(=O)N1[C@@H](C)CC[C@H]1c1ncc(-c2ccc3c(c2)COc2cc4c(ccc5[nH]c([C@@H]6CC[C@@H](C)N6C(=O)[C@H](NC(=O)OC)c6ccccc6)nc54)cc2-3)[nH]1)C(C)C. The molecule has 15 heteroatoms. The summed E-state index contributed by atoms with van der Waals surface area (Å²) in [5, 5.41) is 7.42. The minimum atomic E-state index is -0.919. The lowest BCUT2D eigenvalue weighted by Crippen LogP contribution is -2.52. The van der Waals surface area contributed by atoms with E-state index in [4.69, 9.17) is 24.2 Å². The zero-order chi connectivity index (χ0) is 44.1. The van der Waals surface area contributed by atoms with E-state index >= 15 is 0 Å². The number of hydrogen-bond acceptors (Lipinski definition) is 9. The molecule has 0 radical (unpaired) electrons. The van der Waals surface area contributed by atoms with E-state index in [2.05, 4.69) is 57.0 Å². The van der Waals surface area contributed by atoms with E-state index in [1.807, 2.05) is 80.1 Å². The second kappa shape index (κ2) is 16.8. The fourth-order valence-electron chi connectivity index (χ4n) is 9.65. The summed E-state index contributed by atoms with van der Waals surface area (Å²) in [5.74, 6) is 1.64. The molecule has 0 saturated carbocycles. The van der Waals surface area contributed by atoms with Crippen LogP contribution in [0.15, 0.2) is 79.0 Å². The summed E-state index contributed by atoms with van der Waals surface area (Å²) in [6, 6.07) is 21.5. The minimum Gasteiger partial charge on any atom is -0.488 e. The van der Waals surface area contributed by atoms with Gasteiger partial charge in [-0.2, -0.15) is 0 Å². The lowest BCUT2D eigenvalue weighted by Gasteiger charge is -2.32. The molecule has 9 rings (SSSR count). The number of imidazole rings is 2. The Kier molecular flexibility index (Phi) is 11.0. The first-order valence-corrected chi connectivity index (χ1v) is 21.6. The molecular weight excluding hydrogens is 801 g/mol. The van der Waals surface area contributed by atoms with Gasteiger partial charge in [-0.05, 0) is 97.4 Å². The number of carbonyl (C=O) groups is 4. The Bertz CT molecular complexity index is 2730. The number of alkyl carbamates (subject to hydrolysis) is 2. The van der Waals surface area contributed by atoms with Crippen LogP contribution in [0.1, 0.15) is 94.3 Å². The Hall–Kier alpha value is -6.90. The number of rotatable bonds is 9. The lowest BCUT2D eigenvalue weighted by molar-refractivity contribution is -0.137. The number of aromatic nitrogens is 4. The monoisotopic (exact) mass is 852 g/mol. The molecule has 326 valence electrons. The summed E-state index contributed by atoms with van der Waals surface area (Å²) >= 11 is 0. The van der Waals surface area contributed by atoms with Crippen molar-refractivity contribution < 1.29 is 33.4 Å². The van der Waals surface area contributed by atoms with E-state index in [1.165, 1.54) is 14.2 Å². The highest BCUT2D eigenvalue weighted by atomic mass is 16.5. The molecule has 0 bridgehead atoms. The summed E-state index contributed by atoms with van der Waals surface area (Å²) in [6.07, 6.45) is 3.57. The Morgan fingerprint density at radius 3 is 2.19 bits per heavy atom. The topological polar surface area (TPSA) is 184 Å². The molecule has 63 heavy (non-hydrogen) atoms. The van der Waals surface area contributed by atoms with Gasteiger partial charge in [0.05, 0.1) is 49.2 Å². The van der Waals surface area contributed by atoms with Crippen LogP contribution in [0.25, 0.3) is 44.2 Å². The van der Waals surface area contributed by atoms with Crippen molar-refractivity contribution in [3.05, 3.63) is 102 Å². The van der Waals surface area contributed by atoms with E-state index in [-0.39, 0.29) is 41.9 Å². The first-order valence-electron chi connectivity index (χ1n) is 21.6. The second-order valence-electron chi connectivity index (χ2n) is 17.2. The van der Waals surface area contributed by atoms with Crippen molar-refractivity contribution in [3.63, 3.8) is 0 Å². The van der Waals surface area contributed by atoms with Gasteiger partial charge in [0.2, 0.25) is 5.91 Å². The van der Waals surface area contributed by atoms with Gasteiger partial charge in [0, 0.05) is 23.0 Å². The number of fused-ring (bicyclic) bond motifs is 6. The number of hydrogen-bond donors (Lipinski definition) is 4. The molecular formula is C48H52N8O7. The van der Waals surface area contributed by atoms with Crippen LogP contribution in [0.5, 0.6) is 5.75 Å². The number of ether oxygens (including phenoxy) is 3. The molecule has 0 spiro atoms. The first-order chi connectivity index (χ1) is 30.4. The molecule has 3 aliphatic rings. The molecule has 4 N–H and O–H groups in total. The number of benzene rings is 4. The van der Waals surface area contributed by atoms with Crippen molar-refractivity contribution in [2.45, 2.75) is 96.2 Å². The van der Waals surface area contributed by atoms with Crippen LogP contribution in [-0.4, -0.2) is 86.1 Å². The van der Waals surface area contributed by atoms with E-state index < -0.39 is 24.3 Å². The molecule has 0 unspecified atom stereocenters. The molecule has 2 fully saturated rings. The fourth-order valence-corrected chi connectivity index (χ4v) is 9.65. The molecule has 4 aromatic carbocycles. The van der Waals surface area contributed by atoms with E-state index in [0.717, 1.165) is 74.8 Å². The standard InChI is InChI=1S/C48H52N8O7/c1-25(2)40(53-47(59)61-5)45(57)55-26(3)12-18-37(55)43-49-23-36(51-43)30-14-16-32-31(20-30)24-63-39-22-33-29(21-34(32)39)15-17-35-42(33)52-44(50-35)38-19-13-27(4)56(38)46(58)41(54-48(60)62-6)28-10-8-7-9-11-28/h7-11,14-17,20-23,25-27,37-38,40-41H,12-13,18-19,24H2,1-6H3,(H,49,51)(H,50,52)(H,53,59)(H,54,60)/t26-,27+,37-,38-,40-,41+/m0/s1. The minimum absolute atomic E-state index is 0.0198. The zero-order valence-corrected chi connectivity index (χ0v) is 36.2. The van der Waals surface area contributed by atoms with Gasteiger partial charge in [0.15, 0.2) is 0 Å². The van der Waals surface area contributed by atoms with Crippen LogP contribution in [0, 0.1) is 5.92 Å². The number of nitrogens with one attached hydrogen (secondary N) is 4. The molecule has 0 aliphatic carbocycles. The van der Waals surface area contributed by atoms with Gasteiger partial charge < -0.3 is 44.6 Å². The maximum atomic E-state index is 14.3. The molecule has 5 heterocycles. The van der Waals surface area contributed by atoms with E-state index in [9.17, 15) is 19.2 Å². The third-order valence-electron chi connectivity index (χ3n) is 13.0. The van der Waals surface area contributed by atoms with E-state index in [1.54, 1.807) is 0 Å². The van der Waals surface area contributed by atoms with Crippen LogP contribution < -0.4 is 15.4 Å². The van der Waals surface area contributed by atoms with Crippen LogP contribution in [-0.2, 0) is 25.7 Å². The highest BCUT2D eigenvalue weighted by molar-refractivity contribution is 6.07. The largest absolute Gasteiger partial charge is 0.488 e. The van der Waals surface area contributed by atoms with Gasteiger partial charge in [-0.15, -0.1) is 0 Å². The van der Waals surface area contributed by atoms with Crippen molar-refractivity contribution in [1.82, 2.24) is 40.4 Å². The van der Waals surface area contributed by atoms with Crippen LogP contribution in [0.3, 0.4) is 0 Å². The normalized spacial score (nSPS) is 20.2. The number of nitrogens with zero attached hydrogens (tertiary/aromatic N) is 4. The second-order valence-corrected chi connectivity index (χ2v) is 17.2. The van der Waals surface area contributed by atoms with Gasteiger partial charge in [-0.3, -0.25) is 9.59 Å². The molecule has 2 saturated heterocycles. The summed E-state index contributed by atoms with van der Waals surface area (Å²) in [6.45, 7) is 8.24. The average Bonchev–Trinajstić information content (AvgIpc) is 4.12. The van der Waals surface area contributed by atoms with Gasteiger partial charge in [0.1, 0.15) is 36.1 Å². The number of H-pyrrole nitrogens is 2. The van der Waals surface area contributed by atoms with E-state index in [0.29, 0.717) is 30.2 Å². The third-order valence-corrected chi connectivity index (χ3v) is 13.0. The molecule has 6 aromatic rings. The average molecular weight is 853 g/mol. The Morgan fingerprint density at radius 1 is 0.778 bits per heavy atom. The molecule has 4 amide bonds. The summed E-state index contributed by atoms with van der Waals surface area (Å²) in [4.78, 5) is 73.4. The molecule has 15 nitrogen and oxygen atoms in total. The first kappa shape index (κ1) is 41.5. The van der Waals surface area contributed by atoms with Crippen molar-refractivity contribution in [2.75, 3.05) is 14.2 Å². The highest BCUT2D eigenvalue weighted by Gasteiger charge is 2.42. The molecule has 2 aromatic heterocycles. The predicted octanol–water partition coefficient (Wildman–Crippen LogP) is 8.25. The number of methoxy groups -OCH3 is 2. The summed E-state index contributed by atoms with van der Waals surface area (Å²) < 4.78 is 16.1. The van der Waals surface area contributed by atoms with Gasteiger partial charge in [-0.1, -0.05) is 62.4 Å². The molecule has 3 aliphatic heterocycles. The number of aromatic amines is 2. The van der Waals surface area contributed by atoms with Crippen molar-refractivity contribution in [2.24, 2.45) is 5.92 Å². The fraction of sp³-hybridized carbons (Fsp3) is 0.375. The Balaban J connectivity index is 0.973. The van der Waals surface area contributed by atoms with Crippen LogP contribution in [0.2, 0.25) is 0 Å². The van der Waals surface area contributed by atoms with Gasteiger partial charge in [0.25, 0.3) is 5.91 Å². The maximum Gasteiger partial charge on any atom is 0.407 e. The van der Waals surface area contributed by atoms with Gasteiger partial charge in [-0.25, -0.2) is 19.6 Å². The van der Waals surface area contributed by atoms with Crippen molar-refractivity contribution in [1.29, 1.82) is 0 Å². The predicted molar refractivity (Wildman–Crippen MR) is 236 cm³/mol. The van der Waals surface area contributed by atoms with Crippen molar-refractivity contribution in [3.8, 4) is 28.1 Å². The smallest absolute Gasteiger partial charge is 0.407 e. The highest BCUT2D eigenvalue weighted by Crippen LogP contribution is 2.44. The lowest BCUT2D eigenvalue weighted by atomic mass is 9.92. The quantitative estimate of drug-likeness (QED) is 0.111. The number of carbonyl (C=O) groups excluding carboxylic acids is 4. The zero-order valence-electron chi connectivity index (χ0n) is 36.2. The summed E-state index contributed by atoms with van der Waals surface area (Å²) in [7, 11) is 2.58. The molecule has 6 atom stereocenters.